The van der Waals surface area contributed by atoms with E-state index in [-0.39, 0.29) is 39.5 Å². The third-order valence-electron chi connectivity index (χ3n) is 13.0. The molecule has 0 aromatic carbocycles. The van der Waals surface area contributed by atoms with Gasteiger partial charge in [0.25, 0.3) is 0 Å². The van der Waals surface area contributed by atoms with E-state index in [1.807, 2.05) is 6.08 Å². The minimum Gasteiger partial charge on any atom is -0.478 e. The van der Waals surface area contributed by atoms with Gasteiger partial charge < -0.3 is 10.2 Å². The molecule has 0 spiro atoms. The lowest BCUT2D eigenvalue weighted by molar-refractivity contribution is -0.227. The van der Waals surface area contributed by atoms with Crippen LogP contribution in [0.5, 0.6) is 0 Å². The number of fused-ring (bicyclic) bond motifs is 7. The summed E-state index contributed by atoms with van der Waals surface area (Å²) in [5.41, 5.74) is 2.32. The van der Waals surface area contributed by atoms with Crippen molar-refractivity contribution in [3.63, 3.8) is 0 Å². The van der Waals surface area contributed by atoms with E-state index in [9.17, 15) is 19.8 Å². The summed E-state index contributed by atoms with van der Waals surface area (Å²) in [6, 6.07) is 0. The lowest BCUT2D eigenvalue weighted by Gasteiger charge is -2.72. The lowest BCUT2D eigenvalue weighted by Crippen LogP contribution is -2.65. The molecule has 0 amide bonds. The number of aliphatic carboxylic acids is 1. The van der Waals surface area contributed by atoms with E-state index in [1.165, 1.54) is 18.1 Å². The number of hydrogen-bond donors (Lipinski definition) is 2. The maximum absolute atomic E-state index is 13.5. The molecule has 8 atom stereocenters. The summed E-state index contributed by atoms with van der Waals surface area (Å²) in [6.45, 7) is 16.5. The predicted octanol–water partition coefficient (Wildman–Crippen LogP) is 6.97. The molecule has 4 nitrogen and oxygen atoms in total. The second-order valence-electron chi connectivity index (χ2n) is 14.9. The molecule has 0 radical (unpaired) electrons. The first-order chi connectivity index (χ1) is 16.6. The smallest absolute Gasteiger partial charge is 0.328 e. The Hall–Kier alpha value is -1.42. The lowest BCUT2D eigenvalue weighted by atomic mass is 9.33. The minimum absolute atomic E-state index is 0.0549. The molecule has 0 heterocycles. The molecule has 4 fully saturated rings. The molecule has 8 unspecified atom stereocenters. The van der Waals surface area contributed by atoms with Crippen LogP contribution in [0.3, 0.4) is 0 Å². The molecule has 5 aliphatic carbocycles. The van der Waals surface area contributed by atoms with Crippen molar-refractivity contribution in [1.82, 2.24) is 0 Å². The Kier molecular flexibility index (Phi) is 5.85. The Morgan fingerprint density at radius 2 is 1.61 bits per heavy atom. The molecular weight excluding hydrogens is 448 g/mol. The Morgan fingerprint density at radius 1 is 0.917 bits per heavy atom. The SMILES string of the molecule is CC(C)C1=C2C3CCC4C5(C)CCC(O)C(C)(C)C5CCC4(C)C3(C)CCC2(C=CC(=O)O)CC1=O. The molecular formula is C32H48O4. The second-order valence-corrected chi connectivity index (χ2v) is 14.9. The number of hydrogen-bond acceptors (Lipinski definition) is 3. The highest BCUT2D eigenvalue weighted by Crippen LogP contribution is 2.76. The van der Waals surface area contributed by atoms with Gasteiger partial charge in [-0.1, -0.05) is 54.5 Å². The van der Waals surface area contributed by atoms with Crippen molar-refractivity contribution >= 4 is 11.8 Å². The molecule has 0 aromatic heterocycles. The maximum Gasteiger partial charge on any atom is 0.328 e. The van der Waals surface area contributed by atoms with Gasteiger partial charge in [-0.2, -0.15) is 0 Å². The monoisotopic (exact) mass is 496 g/mol. The first-order valence-electron chi connectivity index (χ1n) is 14.5. The van der Waals surface area contributed by atoms with E-state index in [0.717, 1.165) is 50.5 Å². The third kappa shape index (κ3) is 3.21. The summed E-state index contributed by atoms with van der Waals surface area (Å²) >= 11 is 0. The van der Waals surface area contributed by atoms with E-state index >= 15 is 0 Å². The number of carbonyl (C=O) groups is 2. The van der Waals surface area contributed by atoms with Gasteiger partial charge in [0.2, 0.25) is 0 Å². The van der Waals surface area contributed by atoms with Crippen LogP contribution in [0.15, 0.2) is 23.3 Å². The molecule has 4 saturated carbocycles. The number of carboxylic acid groups (broad SMARTS) is 1. The highest BCUT2D eigenvalue weighted by Gasteiger charge is 2.69. The Labute approximate surface area is 218 Å². The molecule has 200 valence electrons. The van der Waals surface area contributed by atoms with Crippen LogP contribution in [0.2, 0.25) is 0 Å². The van der Waals surface area contributed by atoms with Gasteiger partial charge >= 0.3 is 5.97 Å². The number of aliphatic hydroxyl groups is 1. The molecule has 5 aliphatic rings. The fourth-order valence-corrected chi connectivity index (χ4v) is 11.1. The minimum atomic E-state index is -0.925. The molecule has 2 N–H and O–H groups in total. The van der Waals surface area contributed by atoms with Gasteiger partial charge in [-0.15, -0.1) is 0 Å². The number of ketones is 1. The molecule has 5 rings (SSSR count). The zero-order valence-electron chi connectivity index (χ0n) is 23.6. The summed E-state index contributed by atoms with van der Waals surface area (Å²) in [4.78, 5) is 25.0. The van der Waals surface area contributed by atoms with Gasteiger partial charge in [-0.05, 0) is 108 Å². The molecule has 0 bridgehead atoms. The van der Waals surface area contributed by atoms with Crippen LogP contribution in [-0.4, -0.2) is 28.1 Å². The molecule has 0 saturated heterocycles. The van der Waals surface area contributed by atoms with Crippen LogP contribution in [-0.2, 0) is 9.59 Å². The number of allylic oxidation sites excluding steroid dienone is 3. The summed E-state index contributed by atoms with van der Waals surface area (Å²) in [5.74, 6) is 0.953. The number of aliphatic hydroxyl groups excluding tert-OH is 1. The maximum atomic E-state index is 13.5. The largest absolute Gasteiger partial charge is 0.478 e. The molecule has 0 aliphatic heterocycles. The summed E-state index contributed by atoms with van der Waals surface area (Å²) < 4.78 is 0. The van der Waals surface area contributed by atoms with E-state index < -0.39 is 11.4 Å². The number of carboxylic acids is 1. The van der Waals surface area contributed by atoms with Gasteiger partial charge in [0, 0.05) is 17.9 Å². The fourth-order valence-electron chi connectivity index (χ4n) is 11.1. The highest BCUT2D eigenvalue weighted by atomic mass is 16.4. The van der Waals surface area contributed by atoms with Gasteiger partial charge in [0.05, 0.1) is 6.10 Å². The van der Waals surface area contributed by atoms with Crippen molar-refractivity contribution in [2.45, 2.75) is 112 Å². The Bertz CT molecular complexity index is 1030. The molecule has 0 aromatic rings. The van der Waals surface area contributed by atoms with Crippen LogP contribution in [0.25, 0.3) is 0 Å². The standard InChI is InChI=1S/C32H48O4/c1-19(2)26-21(33)18-32(15-12-25(35)36)17-16-30(6)20(27(26)32)8-9-23-29(5)13-11-24(34)28(3,4)22(29)10-14-31(23,30)7/h12,15,19-20,22-24,34H,8-11,13-14,16-18H2,1-7H3,(H,35,36). The topological polar surface area (TPSA) is 74.6 Å². The van der Waals surface area contributed by atoms with Gasteiger partial charge in [-0.25, -0.2) is 4.79 Å². The summed E-state index contributed by atoms with van der Waals surface area (Å²) in [5, 5.41) is 20.4. The quantitative estimate of drug-likeness (QED) is 0.414. The van der Waals surface area contributed by atoms with E-state index in [2.05, 4.69) is 48.5 Å². The fraction of sp³-hybridized carbons (Fsp3) is 0.812. The normalized spacial score (nSPS) is 48.0. The van der Waals surface area contributed by atoms with Crippen molar-refractivity contribution in [2.75, 3.05) is 0 Å². The zero-order valence-corrected chi connectivity index (χ0v) is 23.6. The van der Waals surface area contributed by atoms with Crippen LogP contribution >= 0.6 is 0 Å². The zero-order chi connectivity index (χ0) is 26.5. The molecule has 36 heavy (non-hydrogen) atoms. The number of carbonyl (C=O) groups excluding carboxylic acids is 1. The van der Waals surface area contributed by atoms with Gasteiger partial charge in [0.15, 0.2) is 5.78 Å². The first kappa shape index (κ1) is 26.2. The van der Waals surface area contributed by atoms with Gasteiger partial charge in [-0.3, -0.25) is 4.79 Å². The van der Waals surface area contributed by atoms with Crippen molar-refractivity contribution in [3.8, 4) is 0 Å². The van der Waals surface area contributed by atoms with Crippen molar-refractivity contribution < 1.29 is 19.8 Å². The predicted molar refractivity (Wildman–Crippen MR) is 142 cm³/mol. The van der Waals surface area contributed by atoms with Crippen LogP contribution in [0.1, 0.15) is 106 Å². The first-order valence-corrected chi connectivity index (χ1v) is 14.5. The number of rotatable bonds is 3. The van der Waals surface area contributed by atoms with Crippen LogP contribution in [0, 0.1) is 50.7 Å². The highest BCUT2D eigenvalue weighted by molar-refractivity contribution is 6.01. The summed E-state index contributed by atoms with van der Waals surface area (Å²) in [6.07, 6.45) is 11.9. The molecule has 4 heteroatoms. The number of Topliss-reactive ketones (excluding diaryl/α,β-unsaturated/α-hetero) is 1. The van der Waals surface area contributed by atoms with Crippen molar-refractivity contribution in [3.05, 3.63) is 23.3 Å². The van der Waals surface area contributed by atoms with E-state index in [0.29, 0.717) is 24.2 Å². The Balaban J connectivity index is 1.61. The third-order valence-corrected chi connectivity index (χ3v) is 13.0. The average Bonchev–Trinajstić information content (AvgIpc) is 3.08. The van der Waals surface area contributed by atoms with E-state index in [4.69, 9.17) is 0 Å². The van der Waals surface area contributed by atoms with Crippen LogP contribution < -0.4 is 0 Å². The Morgan fingerprint density at radius 3 is 2.25 bits per heavy atom. The average molecular weight is 497 g/mol. The second kappa shape index (κ2) is 8.04. The summed E-state index contributed by atoms with van der Waals surface area (Å²) in [7, 11) is 0. The van der Waals surface area contributed by atoms with Crippen LogP contribution in [0.4, 0.5) is 0 Å². The van der Waals surface area contributed by atoms with Gasteiger partial charge in [0.1, 0.15) is 0 Å². The van der Waals surface area contributed by atoms with Crippen molar-refractivity contribution in [1.29, 1.82) is 0 Å². The van der Waals surface area contributed by atoms with E-state index in [1.54, 1.807) is 0 Å². The van der Waals surface area contributed by atoms with Crippen molar-refractivity contribution in [2.24, 2.45) is 50.7 Å².